The topological polar surface area (TPSA) is 136 Å². The van der Waals surface area contributed by atoms with Crippen LogP contribution in [0.1, 0.15) is 39.2 Å². The first-order chi connectivity index (χ1) is 19.6. The number of para-hydroxylation sites is 1. The normalized spacial score (nSPS) is 15.2. The number of amides is 2. The van der Waals surface area contributed by atoms with Gasteiger partial charge in [-0.3, -0.25) is 15.6 Å². The molecule has 1 aliphatic rings. The van der Waals surface area contributed by atoms with Gasteiger partial charge in [0.05, 0.1) is 27.2 Å². The number of hydrogen-bond donors (Lipinski definition) is 3. The van der Waals surface area contributed by atoms with Gasteiger partial charge in [0.25, 0.3) is 0 Å². The van der Waals surface area contributed by atoms with Crippen molar-refractivity contribution >= 4 is 34.7 Å². The van der Waals surface area contributed by atoms with Crippen molar-refractivity contribution in [2.24, 2.45) is 5.92 Å². The first-order valence-corrected chi connectivity index (χ1v) is 13.4. The van der Waals surface area contributed by atoms with Crippen molar-refractivity contribution in [1.82, 2.24) is 20.3 Å². The number of hydrazine groups is 1. The molecule has 1 fully saturated rings. The average molecular weight is 567 g/mol. The number of carbonyl (C=O) groups is 2. The van der Waals surface area contributed by atoms with Crippen molar-refractivity contribution in [2.75, 3.05) is 45.2 Å². The number of carbonyl (C=O) groups excluding carboxylic acids is 2. The number of benzene rings is 2. The number of piperidine rings is 1. The monoisotopic (exact) mass is 566 g/mol. The summed E-state index contributed by atoms with van der Waals surface area (Å²) in [6, 6.07) is 11.0. The minimum atomic E-state index is -0.604. The van der Waals surface area contributed by atoms with Crippen LogP contribution in [0.2, 0.25) is 0 Å². The molecule has 1 aliphatic heterocycles. The van der Waals surface area contributed by atoms with Gasteiger partial charge < -0.3 is 29.2 Å². The maximum Gasteiger partial charge on any atom is 0.410 e. The molecular formula is C29H38N6O6. The van der Waals surface area contributed by atoms with Crippen LogP contribution in [0, 0.1) is 5.92 Å². The van der Waals surface area contributed by atoms with E-state index < -0.39 is 17.6 Å². The van der Waals surface area contributed by atoms with E-state index in [9.17, 15) is 9.59 Å². The number of methoxy groups -OCH3 is 3. The lowest BCUT2D eigenvalue weighted by molar-refractivity contribution is -0.126. The molecule has 2 aromatic carbocycles. The van der Waals surface area contributed by atoms with Crippen molar-refractivity contribution < 1.29 is 28.5 Å². The van der Waals surface area contributed by atoms with Crippen molar-refractivity contribution in [3.8, 4) is 17.2 Å². The fraction of sp³-hybridized carbons (Fsp3) is 0.448. The van der Waals surface area contributed by atoms with Crippen molar-refractivity contribution in [2.45, 2.75) is 45.8 Å². The Morgan fingerprint density at radius 2 is 1.80 bits per heavy atom. The molecular weight excluding hydrogens is 528 g/mol. The first-order valence-electron chi connectivity index (χ1n) is 13.4. The van der Waals surface area contributed by atoms with Crippen LogP contribution in [0.25, 0.3) is 10.9 Å². The summed E-state index contributed by atoms with van der Waals surface area (Å²) < 4.78 is 21.8. The molecule has 0 unspecified atom stereocenters. The number of nitrogens with zero attached hydrogens (tertiary/aromatic N) is 3. The number of ether oxygens (including phenoxy) is 4. The van der Waals surface area contributed by atoms with Crippen molar-refractivity contribution in [3.63, 3.8) is 0 Å². The highest BCUT2D eigenvalue weighted by Crippen LogP contribution is 2.30. The minimum absolute atomic E-state index is 0.245. The van der Waals surface area contributed by atoms with Gasteiger partial charge in [0.15, 0.2) is 5.82 Å². The molecule has 3 aromatic rings. The lowest BCUT2D eigenvalue weighted by Crippen LogP contribution is -2.47. The molecule has 0 saturated carbocycles. The number of aromatic nitrogens is 2. The van der Waals surface area contributed by atoms with Gasteiger partial charge >= 0.3 is 6.09 Å². The fourth-order valence-corrected chi connectivity index (χ4v) is 4.54. The molecule has 1 saturated heterocycles. The zero-order valence-corrected chi connectivity index (χ0v) is 24.4. The van der Waals surface area contributed by atoms with E-state index in [-0.39, 0.29) is 12.5 Å². The second-order valence-corrected chi connectivity index (χ2v) is 10.7. The van der Waals surface area contributed by atoms with Gasteiger partial charge in [-0.25, -0.2) is 9.78 Å². The van der Waals surface area contributed by atoms with E-state index in [1.54, 1.807) is 38.4 Å². The summed E-state index contributed by atoms with van der Waals surface area (Å²) in [4.78, 5) is 36.6. The van der Waals surface area contributed by atoms with Crippen LogP contribution < -0.4 is 30.4 Å². The standard InChI is InChI=1S/C29H38N6O6/c1-29(2,3)41-28(37)35-14-8-9-19(17-35)26(36)34-33-25-21-10-7-11-22(39-5)24(21)31-27(32-25)30-16-18-12-13-20(38-4)15-23(18)40-6/h7,10-13,15,19H,8-9,14,16-17H2,1-6H3,(H,34,36)(H2,30,31,32,33)/t19-/m1/s1. The highest BCUT2D eigenvalue weighted by molar-refractivity contribution is 5.94. The number of likely N-dealkylation sites (tertiary alicyclic amines) is 1. The molecule has 3 N–H and O–H groups in total. The van der Waals surface area contributed by atoms with Gasteiger partial charge in [-0.05, 0) is 57.9 Å². The molecule has 2 amide bonds. The first kappa shape index (κ1) is 29.5. The van der Waals surface area contributed by atoms with Gasteiger partial charge in [-0.1, -0.05) is 6.07 Å². The van der Waals surface area contributed by atoms with Crippen LogP contribution in [-0.4, -0.2) is 66.9 Å². The number of nitrogens with one attached hydrogen (secondary N) is 3. The quantitative estimate of drug-likeness (QED) is 0.321. The Morgan fingerprint density at radius 1 is 1.02 bits per heavy atom. The Hall–Kier alpha value is -4.48. The predicted octanol–water partition coefficient (Wildman–Crippen LogP) is 4.36. The Bertz CT molecular complexity index is 1390. The molecule has 12 nitrogen and oxygen atoms in total. The minimum Gasteiger partial charge on any atom is -0.497 e. The van der Waals surface area contributed by atoms with Crippen molar-refractivity contribution in [3.05, 3.63) is 42.0 Å². The maximum atomic E-state index is 13.1. The van der Waals surface area contributed by atoms with Gasteiger partial charge in [0, 0.05) is 36.7 Å². The van der Waals surface area contributed by atoms with Crippen LogP contribution in [-0.2, 0) is 16.1 Å². The molecule has 0 aliphatic carbocycles. The Morgan fingerprint density at radius 3 is 2.51 bits per heavy atom. The number of fused-ring (bicyclic) bond motifs is 1. The van der Waals surface area contributed by atoms with E-state index >= 15 is 0 Å². The molecule has 4 rings (SSSR count). The summed E-state index contributed by atoms with van der Waals surface area (Å²) in [6.07, 6.45) is 0.941. The molecule has 12 heteroatoms. The average Bonchev–Trinajstić information content (AvgIpc) is 2.97. The van der Waals surface area contributed by atoms with Crippen LogP contribution in [0.4, 0.5) is 16.6 Å². The molecule has 1 aromatic heterocycles. The van der Waals surface area contributed by atoms with Crippen molar-refractivity contribution in [1.29, 1.82) is 0 Å². The highest BCUT2D eigenvalue weighted by Gasteiger charge is 2.31. The van der Waals surface area contributed by atoms with Gasteiger partial charge in [-0.15, -0.1) is 0 Å². The van der Waals surface area contributed by atoms with Gasteiger partial charge in [-0.2, -0.15) is 4.98 Å². The smallest absolute Gasteiger partial charge is 0.410 e. The second-order valence-electron chi connectivity index (χ2n) is 10.7. The zero-order chi connectivity index (χ0) is 29.6. The summed E-state index contributed by atoms with van der Waals surface area (Å²) in [7, 11) is 4.77. The molecule has 1 atom stereocenters. The van der Waals surface area contributed by atoms with Crippen LogP contribution in [0.3, 0.4) is 0 Å². The lowest BCUT2D eigenvalue weighted by atomic mass is 9.98. The van der Waals surface area contributed by atoms with E-state index in [0.29, 0.717) is 65.8 Å². The summed E-state index contributed by atoms with van der Waals surface area (Å²) in [5, 5.41) is 3.90. The summed E-state index contributed by atoms with van der Waals surface area (Å²) in [5.41, 5.74) is 6.60. The van der Waals surface area contributed by atoms with Gasteiger partial charge in [0.1, 0.15) is 28.4 Å². The van der Waals surface area contributed by atoms with E-state index in [4.69, 9.17) is 18.9 Å². The lowest BCUT2D eigenvalue weighted by Gasteiger charge is -2.33. The summed E-state index contributed by atoms with van der Waals surface area (Å²) >= 11 is 0. The van der Waals surface area contributed by atoms with E-state index in [1.807, 2.05) is 45.0 Å². The highest BCUT2D eigenvalue weighted by atomic mass is 16.6. The van der Waals surface area contributed by atoms with E-state index in [0.717, 1.165) is 5.56 Å². The molecule has 0 spiro atoms. The van der Waals surface area contributed by atoms with Gasteiger partial charge in [0.2, 0.25) is 11.9 Å². The molecule has 220 valence electrons. The largest absolute Gasteiger partial charge is 0.497 e. The predicted molar refractivity (Wildman–Crippen MR) is 155 cm³/mol. The number of hydrogen-bond acceptors (Lipinski definition) is 10. The fourth-order valence-electron chi connectivity index (χ4n) is 4.54. The number of rotatable bonds is 9. The third-order valence-electron chi connectivity index (χ3n) is 6.59. The van der Waals surface area contributed by atoms with Crippen LogP contribution in [0.5, 0.6) is 17.2 Å². The summed E-state index contributed by atoms with van der Waals surface area (Å²) in [6.45, 7) is 6.66. The molecule has 0 radical (unpaired) electrons. The maximum absolute atomic E-state index is 13.1. The van der Waals surface area contributed by atoms with Crippen LogP contribution in [0.15, 0.2) is 36.4 Å². The van der Waals surface area contributed by atoms with E-state index in [2.05, 4.69) is 26.1 Å². The molecule has 0 bridgehead atoms. The SMILES string of the molecule is COc1ccc(CNc2nc(NNC(=O)[C@@H]3CCCN(C(=O)OC(C)(C)C)C3)c3cccc(OC)c3n2)c(OC)c1. The zero-order valence-electron chi connectivity index (χ0n) is 24.4. The number of anilines is 2. The van der Waals surface area contributed by atoms with Crippen LogP contribution >= 0.6 is 0 Å². The Kier molecular flexibility index (Phi) is 9.21. The third-order valence-corrected chi connectivity index (χ3v) is 6.59. The molecule has 2 heterocycles. The Labute approximate surface area is 239 Å². The second kappa shape index (κ2) is 12.8. The van der Waals surface area contributed by atoms with E-state index in [1.165, 1.54) is 0 Å². The third kappa shape index (κ3) is 7.38. The molecule has 41 heavy (non-hydrogen) atoms. The summed E-state index contributed by atoms with van der Waals surface area (Å²) in [5.74, 6) is 1.98. The Balaban J connectivity index is 1.51.